The van der Waals surface area contributed by atoms with Crippen molar-refractivity contribution < 1.29 is 14.7 Å². The minimum Gasteiger partial charge on any atom is -0.481 e. The number of nitrogens with zero attached hydrogens (tertiary/aromatic N) is 4. The van der Waals surface area contributed by atoms with Crippen LogP contribution in [-0.4, -0.2) is 59.3 Å². The molecule has 1 amide bonds. The summed E-state index contributed by atoms with van der Waals surface area (Å²) in [4.78, 5) is 35.6. The number of nitrogens with one attached hydrogen (secondary N) is 1. The lowest BCUT2D eigenvalue weighted by atomic mass is 10.1. The Labute approximate surface area is 156 Å². The minimum absolute atomic E-state index is 0.320. The normalized spacial score (nSPS) is 15.3. The van der Waals surface area contributed by atoms with E-state index in [2.05, 4.69) is 25.1 Å². The van der Waals surface area contributed by atoms with Crippen LogP contribution in [0.25, 0.3) is 0 Å². The summed E-state index contributed by atoms with van der Waals surface area (Å²) in [5.41, 5.74) is 7.05. The molecule has 0 radical (unpaired) electrons. The SMILES string of the molecule is NC(CC(=O)O)NC(=O)c1ccc(N2CCN(c3ncccn3)CC2)cc1. The molecule has 0 aliphatic carbocycles. The lowest BCUT2D eigenvalue weighted by Gasteiger charge is -2.36. The molecule has 0 bridgehead atoms. The van der Waals surface area contributed by atoms with Crippen LogP contribution in [-0.2, 0) is 4.79 Å². The third kappa shape index (κ3) is 4.91. The van der Waals surface area contributed by atoms with Gasteiger partial charge in [0.2, 0.25) is 5.95 Å². The summed E-state index contributed by atoms with van der Waals surface area (Å²) in [6.45, 7) is 3.28. The van der Waals surface area contributed by atoms with Gasteiger partial charge in [0.05, 0.1) is 12.6 Å². The number of amides is 1. The third-order valence-corrected chi connectivity index (χ3v) is 4.32. The van der Waals surface area contributed by atoms with Crippen molar-refractivity contribution in [1.82, 2.24) is 15.3 Å². The fourth-order valence-electron chi connectivity index (χ4n) is 2.93. The molecule has 2 heterocycles. The van der Waals surface area contributed by atoms with Gasteiger partial charge < -0.3 is 26.0 Å². The van der Waals surface area contributed by atoms with Crippen molar-refractivity contribution in [3.63, 3.8) is 0 Å². The molecule has 4 N–H and O–H groups in total. The molecule has 3 rings (SSSR count). The van der Waals surface area contributed by atoms with E-state index < -0.39 is 12.1 Å². The van der Waals surface area contributed by atoms with Crippen LogP contribution in [0.3, 0.4) is 0 Å². The molecule has 1 atom stereocenters. The number of carbonyl (C=O) groups is 2. The Bertz CT molecular complexity index is 775. The van der Waals surface area contributed by atoms with Gasteiger partial charge in [-0.25, -0.2) is 9.97 Å². The first-order valence-electron chi connectivity index (χ1n) is 8.68. The predicted molar refractivity (Wildman–Crippen MR) is 101 cm³/mol. The van der Waals surface area contributed by atoms with E-state index in [1.807, 2.05) is 12.1 Å². The lowest BCUT2D eigenvalue weighted by Crippen LogP contribution is -2.47. The van der Waals surface area contributed by atoms with E-state index in [0.717, 1.165) is 37.8 Å². The van der Waals surface area contributed by atoms with E-state index in [1.54, 1.807) is 30.6 Å². The maximum absolute atomic E-state index is 12.1. The summed E-state index contributed by atoms with van der Waals surface area (Å²) in [5.74, 6) is -0.707. The van der Waals surface area contributed by atoms with Gasteiger partial charge in [-0.1, -0.05) is 0 Å². The number of carbonyl (C=O) groups excluding carboxylic acids is 1. The molecular formula is C18H22N6O3. The van der Waals surface area contributed by atoms with Gasteiger partial charge >= 0.3 is 5.97 Å². The number of aromatic nitrogens is 2. The number of nitrogens with two attached hydrogens (primary N) is 1. The van der Waals surface area contributed by atoms with Gasteiger partial charge in [0, 0.05) is 49.8 Å². The van der Waals surface area contributed by atoms with Crippen molar-refractivity contribution in [1.29, 1.82) is 0 Å². The first-order valence-corrected chi connectivity index (χ1v) is 8.68. The summed E-state index contributed by atoms with van der Waals surface area (Å²) in [5, 5.41) is 11.2. The van der Waals surface area contributed by atoms with Crippen molar-refractivity contribution in [2.45, 2.75) is 12.6 Å². The minimum atomic E-state index is -1.06. The molecule has 27 heavy (non-hydrogen) atoms. The molecule has 1 fully saturated rings. The Morgan fingerprint density at radius 1 is 1.07 bits per heavy atom. The molecule has 1 aromatic carbocycles. The van der Waals surface area contributed by atoms with Crippen molar-refractivity contribution >= 4 is 23.5 Å². The van der Waals surface area contributed by atoms with Crippen molar-refractivity contribution in [2.24, 2.45) is 5.73 Å². The van der Waals surface area contributed by atoms with Gasteiger partial charge in [0.1, 0.15) is 0 Å². The van der Waals surface area contributed by atoms with E-state index in [4.69, 9.17) is 10.8 Å². The highest BCUT2D eigenvalue weighted by Crippen LogP contribution is 2.19. The maximum atomic E-state index is 12.1. The molecule has 1 aromatic heterocycles. The van der Waals surface area contributed by atoms with Crippen molar-refractivity contribution in [3.8, 4) is 0 Å². The van der Waals surface area contributed by atoms with E-state index >= 15 is 0 Å². The van der Waals surface area contributed by atoms with Gasteiger partial charge in [-0.2, -0.15) is 0 Å². The molecule has 0 spiro atoms. The first kappa shape index (κ1) is 18.6. The second kappa shape index (κ2) is 8.45. The van der Waals surface area contributed by atoms with Crippen LogP contribution in [0.15, 0.2) is 42.7 Å². The second-order valence-electron chi connectivity index (χ2n) is 6.25. The van der Waals surface area contributed by atoms with Gasteiger partial charge in [0.15, 0.2) is 0 Å². The molecule has 2 aromatic rings. The quantitative estimate of drug-likeness (QED) is 0.620. The summed E-state index contributed by atoms with van der Waals surface area (Å²) in [7, 11) is 0. The molecule has 142 valence electrons. The highest BCUT2D eigenvalue weighted by molar-refractivity contribution is 5.94. The first-order chi connectivity index (χ1) is 13.0. The largest absolute Gasteiger partial charge is 0.481 e. The van der Waals surface area contributed by atoms with Crippen LogP contribution >= 0.6 is 0 Å². The van der Waals surface area contributed by atoms with Crippen LogP contribution in [0.5, 0.6) is 0 Å². The number of rotatable bonds is 6. The fourth-order valence-corrected chi connectivity index (χ4v) is 2.93. The monoisotopic (exact) mass is 370 g/mol. The van der Waals surface area contributed by atoms with Gasteiger partial charge in [0.25, 0.3) is 5.91 Å². The average molecular weight is 370 g/mol. The highest BCUT2D eigenvalue weighted by atomic mass is 16.4. The molecule has 1 saturated heterocycles. The van der Waals surface area contributed by atoms with Crippen LogP contribution < -0.4 is 20.9 Å². The summed E-state index contributed by atoms with van der Waals surface area (Å²) < 4.78 is 0. The fraction of sp³-hybridized carbons (Fsp3) is 0.333. The van der Waals surface area contributed by atoms with E-state index in [9.17, 15) is 9.59 Å². The average Bonchev–Trinajstić information content (AvgIpc) is 2.68. The molecule has 1 aliphatic heterocycles. The van der Waals surface area contributed by atoms with E-state index in [1.165, 1.54) is 0 Å². The molecule has 1 aliphatic rings. The Hall–Kier alpha value is -3.20. The Balaban J connectivity index is 1.55. The zero-order chi connectivity index (χ0) is 19.2. The standard InChI is InChI=1S/C18H22N6O3/c19-15(12-16(25)26)22-17(27)13-2-4-14(5-3-13)23-8-10-24(11-9-23)18-20-6-1-7-21-18/h1-7,15H,8-12,19H2,(H,22,27)(H,25,26). The van der Waals surface area contributed by atoms with Gasteiger partial charge in [-0.15, -0.1) is 0 Å². The summed E-state index contributed by atoms with van der Waals surface area (Å²) >= 11 is 0. The predicted octanol–water partition coefficient (Wildman–Crippen LogP) is 0.293. The zero-order valence-corrected chi connectivity index (χ0v) is 14.8. The molecule has 9 nitrogen and oxygen atoms in total. The Morgan fingerprint density at radius 3 is 2.26 bits per heavy atom. The van der Waals surface area contributed by atoms with Gasteiger partial charge in [-0.05, 0) is 30.3 Å². The lowest BCUT2D eigenvalue weighted by molar-refractivity contribution is -0.137. The topological polar surface area (TPSA) is 125 Å². The number of aliphatic carboxylic acids is 1. The number of hydrogen-bond acceptors (Lipinski definition) is 7. The maximum Gasteiger partial charge on any atom is 0.306 e. The smallest absolute Gasteiger partial charge is 0.306 e. The number of carboxylic acid groups (broad SMARTS) is 1. The number of anilines is 2. The number of hydrogen-bond donors (Lipinski definition) is 3. The number of piperazine rings is 1. The van der Waals surface area contributed by atoms with E-state index in [-0.39, 0.29) is 12.3 Å². The third-order valence-electron chi connectivity index (χ3n) is 4.32. The van der Waals surface area contributed by atoms with Crippen LogP contribution in [0.2, 0.25) is 0 Å². The Morgan fingerprint density at radius 2 is 1.67 bits per heavy atom. The van der Waals surface area contributed by atoms with E-state index in [0.29, 0.717) is 5.56 Å². The highest BCUT2D eigenvalue weighted by Gasteiger charge is 2.19. The molecular weight excluding hydrogens is 348 g/mol. The summed E-state index contributed by atoms with van der Waals surface area (Å²) in [6, 6.07) is 8.99. The summed E-state index contributed by atoms with van der Waals surface area (Å²) in [6.07, 6.45) is 2.24. The van der Waals surface area contributed by atoms with Gasteiger partial charge in [-0.3, -0.25) is 9.59 Å². The number of benzene rings is 1. The van der Waals surface area contributed by atoms with Crippen LogP contribution in [0.4, 0.5) is 11.6 Å². The number of carboxylic acids is 1. The zero-order valence-electron chi connectivity index (χ0n) is 14.8. The molecule has 1 unspecified atom stereocenters. The van der Waals surface area contributed by atoms with Crippen LogP contribution in [0, 0.1) is 0 Å². The molecule has 9 heteroatoms. The van der Waals surface area contributed by atoms with Crippen molar-refractivity contribution in [2.75, 3.05) is 36.0 Å². The van der Waals surface area contributed by atoms with Crippen molar-refractivity contribution in [3.05, 3.63) is 48.3 Å². The Kier molecular flexibility index (Phi) is 5.82. The van der Waals surface area contributed by atoms with Crippen LogP contribution in [0.1, 0.15) is 16.8 Å². The second-order valence-corrected chi connectivity index (χ2v) is 6.25. The molecule has 0 saturated carbocycles.